The molecule has 1 atom stereocenters. The molecule has 0 aliphatic heterocycles. The third-order valence-corrected chi connectivity index (χ3v) is 7.68. The van der Waals surface area contributed by atoms with Crippen molar-refractivity contribution in [2.45, 2.75) is 66.3 Å². The minimum Gasteiger partial charge on any atom is -0.449 e. The van der Waals surface area contributed by atoms with Crippen molar-refractivity contribution in [3.8, 4) is 22.4 Å². The number of carbonyl (C=O) groups is 1. The van der Waals surface area contributed by atoms with Crippen molar-refractivity contribution < 1.29 is 9.53 Å². The zero-order chi connectivity index (χ0) is 28.4. The molecule has 0 aliphatic rings. The molecule has 0 bridgehead atoms. The quantitative estimate of drug-likeness (QED) is 0.173. The van der Waals surface area contributed by atoms with Crippen LogP contribution in [0.2, 0.25) is 0 Å². The van der Waals surface area contributed by atoms with Gasteiger partial charge in [0.2, 0.25) is 0 Å². The highest BCUT2D eigenvalue weighted by Gasteiger charge is 2.31. The Kier molecular flexibility index (Phi) is 9.70. The lowest BCUT2D eigenvalue weighted by Gasteiger charge is -2.37. The van der Waals surface area contributed by atoms with E-state index in [1.54, 1.807) is 6.20 Å². The van der Waals surface area contributed by atoms with Crippen LogP contribution in [0.4, 0.5) is 10.5 Å². The largest absolute Gasteiger partial charge is 0.449 e. The lowest BCUT2D eigenvalue weighted by atomic mass is 9.69. The van der Waals surface area contributed by atoms with E-state index >= 15 is 0 Å². The predicted octanol–water partition coefficient (Wildman–Crippen LogP) is 8.26. The number of rotatable bonds is 13. The molecule has 0 saturated heterocycles. The number of para-hydroxylation sites is 1. The molecule has 40 heavy (non-hydrogen) atoms. The van der Waals surface area contributed by atoms with Crippen molar-refractivity contribution >= 4 is 11.8 Å². The summed E-state index contributed by atoms with van der Waals surface area (Å²) in [4.78, 5) is 16.7. The Balaban J connectivity index is 1.23. The molecule has 2 aromatic heterocycles. The number of anilines is 1. The minimum atomic E-state index is -0.418. The lowest BCUT2D eigenvalue weighted by molar-refractivity contribution is 0.122. The first kappa shape index (κ1) is 29.0. The molecule has 7 heteroatoms. The molecule has 0 spiro atoms. The number of nitrogens with one attached hydrogen (secondary N) is 1. The summed E-state index contributed by atoms with van der Waals surface area (Å²) in [7, 11) is 0. The number of nitrogens with zero attached hydrogens (tertiary/aromatic N) is 4. The summed E-state index contributed by atoms with van der Waals surface area (Å²) < 4.78 is 7.50. The predicted molar refractivity (Wildman–Crippen MR) is 161 cm³/mol. The molecule has 1 amide bonds. The Hall–Kier alpha value is -4.00. The van der Waals surface area contributed by atoms with Gasteiger partial charge in [-0.15, -0.1) is 5.10 Å². The van der Waals surface area contributed by atoms with Crippen LogP contribution in [0.3, 0.4) is 0 Å². The smallest absolute Gasteiger partial charge is 0.411 e. The number of benzene rings is 2. The van der Waals surface area contributed by atoms with Gasteiger partial charge in [-0.3, -0.25) is 15.0 Å². The summed E-state index contributed by atoms with van der Waals surface area (Å²) >= 11 is 0. The molecule has 0 fully saturated rings. The first-order chi connectivity index (χ1) is 19.3. The van der Waals surface area contributed by atoms with Crippen LogP contribution in [0.15, 0.2) is 85.3 Å². The molecule has 2 heterocycles. The van der Waals surface area contributed by atoms with Gasteiger partial charge >= 0.3 is 6.09 Å². The summed E-state index contributed by atoms with van der Waals surface area (Å²) in [6, 6.07) is 21.7. The number of pyridine rings is 1. The fourth-order valence-electron chi connectivity index (χ4n) is 5.40. The van der Waals surface area contributed by atoms with Crippen molar-refractivity contribution in [2.75, 3.05) is 11.9 Å². The van der Waals surface area contributed by atoms with Crippen LogP contribution in [-0.4, -0.2) is 32.7 Å². The van der Waals surface area contributed by atoms with E-state index in [4.69, 9.17) is 4.74 Å². The number of aromatic nitrogens is 4. The minimum absolute atomic E-state index is 0.119. The van der Waals surface area contributed by atoms with Gasteiger partial charge in [-0.2, -0.15) is 0 Å². The van der Waals surface area contributed by atoms with E-state index < -0.39 is 6.09 Å². The Labute approximate surface area is 238 Å². The second kappa shape index (κ2) is 13.4. The van der Waals surface area contributed by atoms with E-state index in [9.17, 15) is 4.79 Å². The molecule has 2 aromatic carbocycles. The van der Waals surface area contributed by atoms with Crippen LogP contribution >= 0.6 is 0 Å². The fraction of sp³-hybridized carbons (Fsp3) is 0.394. The number of hydrogen-bond donors (Lipinski definition) is 1. The van der Waals surface area contributed by atoms with Crippen molar-refractivity contribution in [2.24, 2.45) is 10.8 Å². The Bertz CT molecular complexity index is 1350. The van der Waals surface area contributed by atoms with Gasteiger partial charge < -0.3 is 4.74 Å². The van der Waals surface area contributed by atoms with Crippen LogP contribution in [0, 0.1) is 10.8 Å². The van der Waals surface area contributed by atoms with E-state index in [0.717, 1.165) is 66.7 Å². The van der Waals surface area contributed by atoms with Gasteiger partial charge in [0.15, 0.2) is 0 Å². The second-order valence-electron chi connectivity index (χ2n) is 11.6. The summed E-state index contributed by atoms with van der Waals surface area (Å²) in [6.45, 7) is 10.5. The van der Waals surface area contributed by atoms with Crippen molar-refractivity contribution in [1.29, 1.82) is 0 Å². The average molecular weight is 540 g/mol. The summed E-state index contributed by atoms with van der Waals surface area (Å²) in [5.74, 6) is 0. The highest BCUT2D eigenvalue weighted by Crippen LogP contribution is 2.42. The molecule has 0 aliphatic carbocycles. The maximum atomic E-state index is 12.6. The van der Waals surface area contributed by atoms with Crippen LogP contribution in [0.25, 0.3) is 22.4 Å². The summed E-state index contributed by atoms with van der Waals surface area (Å²) in [5, 5.41) is 11.6. The van der Waals surface area contributed by atoms with Gasteiger partial charge in [-0.05, 0) is 60.3 Å². The fourth-order valence-corrected chi connectivity index (χ4v) is 5.40. The first-order valence-corrected chi connectivity index (χ1v) is 14.2. The van der Waals surface area contributed by atoms with Crippen LogP contribution in [0.1, 0.15) is 59.8 Å². The van der Waals surface area contributed by atoms with Crippen molar-refractivity contribution in [3.63, 3.8) is 0 Å². The Morgan fingerprint density at radius 1 is 0.950 bits per heavy atom. The van der Waals surface area contributed by atoms with E-state index in [-0.39, 0.29) is 10.8 Å². The van der Waals surface area contributed by atoms with Crippen molar-refractivity contribution in [1.82, 2.24) is 20.0 Å². The Morgan fingerprint density at radius 3 is 2.45 bits per heavy atom. The summed E-state index contributed by atoms with van der Waals surface area (Å²) in [6.07, 6.45) is 10.1. The number of carbonyl (C=O) groups excluding carboxylic acids is 1. The van der Waals surface area contributed by atoms with Crippen LogP contribution < -0.4 is 5.32 Å². The topological polar surface area (TPSA) is 81.9 Å². The number of amides is 1. The molecule has 1 N–H and O–H groups in total. The zero-order valence-electron chi connectivity index (χ0n) is 24.1. The second-order valence-corrected chi connectivity index (χ2v) is 11.6. The number of ether oxygens (including phenoxy) is 1. The zero-order valence-corrected chi connectivity index (χ0v) is 24.1. The monoisotopic (exact) mass is 539 g/mol. The molecule has 210 valence electrons. The van der Waals surface area contributed by atoms with Crippen LogP contribution in [0.5, 0.6) is 0 Å². The maximum absolute atomic E-state index is 12.6. The van der Waals surface area contributed by atoms with E-state index in [0.29, 0.717) is 6.61 Å². The lowest BCUT2D eigenvalue weighted by Crippen LogP contribution is -2.27. The number of aryl methyl sites for hydroxylation is 1. The van der Waals surface area contributed by atoms with Crippen molar-refractivity contribution in [3.05, 3.63) is 85.3 Å². The molecule has 1 unspecified atom stereocenters. The SMILES string of the molecule is CCC(C)(CCn1cc(-c2cccnc2)nn1)CC(C)(C)CCCOC(=O)Nc1ccccc1-c1ccccc1. The molecule has 0 radical (unpaired) electrons. The third kappa shape index (κ3) is 8.25. The Morgan fingerprint density at radius 2 is 1.70 bits per heavy atom. The standard InChI is InChI=1S/C33H41N5O2/c1-5-33(4,19-21-38-24-30(36-37-38)27-15-11-20-34-23-27)25-32(2,3)18-12-22-40-31(39)35-29-17-10-9-16-28(29)26-13-7-6-8-14-26/h6-11,13-17,20,23-24H,5,12,18-19,21-22,25H2,1-4H3,(H,35,39). The van der Waals surface area contributed by atoms with E-state index in [1.165, 1.54) is 0 Å². The molecule has 4 rings (SSSR count). The van der Waals surface area contributed by atoms with Gasteiger partial charge in [0.1, 0.15) is 5.69 Å². The average Bonchev–Trinajstić information content (AvgIpc) is 3.45. The number of hydrogen-bond acceptors (Lipinski definition) is 5. The van der Waals surface area contributed by atoms with Gasteiger partial charge in [0.25, 0.3) is 0 Å². The first-order valence-electron chi connectivity index (χ1n) is 14.2. The summed E-state index contributed by atoms with van der Waals surface area (Å²) in [5.41, 5.74) is 4.88. The van der Waals surface area contributed by atoms with Gasteiger partial charge in [0.05, 0.1) is 18.5 Å². The van der Waals surface area contributed by atoms with Gasteiger partial charge in [-0.1, -0.05) is 87.9 Å². The molecular formula is C33H41N5O2. The highest BCUT2D eigenvalue weighted by molar-refractivity contribution is 5.91. The van der Waals surface area contributed by atoms with Gasteiger partial charge in [0, 0.05) is 30.1 Å². The maximum Gasteiger partial charge on any atom is 0.411 e. The molecule has 4 aromatic rings. The van der Waals surface area contributed by atoms with E-state index in [1.807, 2.05) is 83.8 Å². The molecule has 0 saturated carbocycles. The third-order valence-electron chi connectivity index (χ3n) is 7.68. The van der Waals surface area contributed by atoms with Gasteiger partial charge in [-0.25, -0.2) is 4.79 Å². The van der Waals surface area contributed by atoms with Crippen LogP contribution in [-0.2, 0) is 11.3 Å². The molecular weight excluding hydrogens is 498 g/mol. The normalized spacial score (nSPS) is 13.0. The highest BCUT2D eigenvalue weighted by atomic mass is 16.5. The molecule has 7 nitrogen and oxygen atoms in total. The van der Waals surface area contributed by atoms with E-state index in [2.05, 4.69) is 48.3 Å².